The van der Waals surface area contributed by atoms with Gasteiger partial charge < -0.3 is 21.7 Å². The molecule has 2 aromatic rings. The van der Waals surface area contributed by atoms with E-state index in [4.69, 9.17) is 5.73 Å². The summed E-state index contributed by atoms with van der Waals surface area (Å²) in [5.74, 6) is -0.220. The Morgan fingerprint density at radius 3 is 2.40 bits per heavy atom. The Hall–Kier alpha value is -2.38. The zero-order valence-corrected chi connectivity index (χ0v) is 15.3. The highest BCUT2D eigenvalue weighted by molar-refractivity contribution is 9.10. The summed E-state index contributed by atoms with van der Waals surface area (Å²) in [5.41, 5.74) is 7.68. The summed E-state index contributed by atoms with van der Waals surface area (Å²) in [4.78, 5) is 23.6. The summed E-state index contributed by atoms with van der Waals surface area (Å²) in [6, 6.07) is 14.5. The highest BCUT2D eigenvalue weighted by atomic mass is 79.9. The summed E-state index contributed by atoms with van der Waals surface area (Å²) in [6.45, 7) is 0.773. The molecular weight excluding hydrogens is 384 g/mol. The smallest absolute Gasteiger partial charge is 0.238 e. The number of para-hydroxylation sites is 2. The Kier molecular flexibility index (Phi) is 7.43. The monoisotopic (exact) mass is 404 g/mol. The standard InChI is InChI=1S/C18H21BrN4O2/c19-13-7-9-14(10-8-13)22-18(25)12-21-11-3-6-17(24)23-16-5-2-1-4-15(16)20/h1-2,4-5,7-10,21H,3,6,11-12,20H2,(H,22,25)(H,23,24). The molecule has 132 valence electrons. The minimum atomic E-state index is -0.121. The second kappa shape index (κ2) is 9.80. The van der Waals surface area contributed by atoms with Crippen molar-refractivity contribution in [3.05, 3.63) is 53.0 Å². The molecule has 2 rings (SSSR count). The van der Waals surface area contributed by atoms with E-state index >= 15 is 0 Å². The van der Waals surface area contributed by atoms with Gasteiger partial charge in [0.15, 0.2) is 0 Å². The number of halogens is 1. The molecule has 2 aromatic carbocycles. The van der Waals surface area contributed by atoms with Gasteiger partial charge >= 0.3 is 0 Å². The van der Waals surface area contributed by atoms with Crippen LogP contribution in [0.25, 0.3) is 0 Å². The molecule has 0 saturated heterocycles. The molecule has 0 spiro atoms. The van der Waals surface area contributed by atoms with Gasteiger partial charge in [-0.15, -0.1) is 0 Å². The summed E-state index contributed by atoms with van der Waals surface area (Å²) in [7, 11) is 0. The van der Waals surface area contributed by atoms with Crippen molar-refractivity contribution in [1.29, 1.82) is 0 Å². The van der Waals surface area contributed by atoms with E-state index in [1.54, 1.807) is 12.1 Å². The Bertz CT molecular complexity index is 719. The number of carbonyl (C=O) groups is 2. The molecule has 0 atom stereocenters. The average Bonchev–Trinajstić information content (AvgIpc) is 2.59. The van der Waals surface area contributed by atoms with Gasteiger partial charge in [-0.25, -0.2) is 0 Å². The van der Waals surface area contributed by atoms with Crippen LogP contribution >= 0.6 is 15.9 Å². The van der Waals surface area contributed by atoms with Gasteiger partial charge in [-0.2, -0.15) is 0 Å². The van der Waals surface area contributed by atoms with Crippen LogP contribution in [0, 0.1) is 0 Å². The molecule has 5 N–H and O–H groups in total. The molecule has 0 saturated carbocycles. The van der Waals surface area contributed by atoms with Crippen molar-refractivity contribution in [2.45, 2.75) is 12.8 Å². The van der Waals surface area contributed by atoms with Crippen molar-refractivity contribution in [1.82, 2.24) is 5.32 Å². The summed E-state index contributed by atoms with van der Waals surface area (Å²) in [6.07, 6.45) is 0.986. The fourth-order valence-corrected chi connectivity index (χ4v) is 2.40. The number of hydrogen-bond acceptors (Lipinski definition) is 4. The van der Waals surface area contributed by atoms with Gasteiger partial charge in [-0.1, -0.05) is 28.1 Å². The molecular formula is C18H21BrN4O2. The number of anilines is 3. The number of nitrogens with one attached hydrogen (secondary N) is 3. The van der Waals surface area contributed by atoms with Gasteiger partial charge in [-0.3, -0.25) is 9.59 Å². The van der Waals surface area contributed by atoms with E-state index < -0.39 is 0 Å². The molecule has 0 radical (unpaired) electrons. The molecule has 0 heterocycles. The van der Waals surface area contributed by atoms with E-state index in [1.807, 2.05) is 36.4 Å². The van der Waals surface area contributed by atoms with Gasteiger partial charge in [-0.05, 0) is 49.4 Å². The van der Waals surface area contributed by atoms with Crippen LogP contribution in [0.1, 0.15) is 12.8 Å². The first-order chi connectivity index (χ1) is 12.0. The quantitative estimate of drug-likeness (QED) is 0.401. The number of nitrogens with two attached hydrogens (primary N) is 1. The lowest BCUT2D eigenvalue weighted by Crippen LogP contribution is -2.29. The zero-order valence-electron chi connectivity index (χ0n) is 13.7. The number of amides is 2. The molecule has 0 bridgehead atoms. The summed E-state index contributed by atoms with van der Waals surface area (Å²) < 4.78 is 0.958. The molecule has 0 aromatic heterocycles. The van der Waals surface area contributed by atoms with Crippen molar-refractivity contribution in [3.8, 4) is 0 Å². The number of rotatable bonds is 8. The lowest BCUT2D eigenvalue weighted by molar-refractivity contribution is -0.116. The molecule has 2 amide bonds. The molecule has 0 unspecified atom stereocenters. The van der Waals surface area contributed by atoms with Crippen LogP contribution in [0.3, 0.4) is 0 Å². The fraction of sp³-hybridized carbons (Fsp3) is 0.222. The van der Waals surface area contributed by atoms with E-state index in [2.05, 4.69) is 31.9 Å². The van der Waals surface area contributed by atoms with Gasteiger partial charge in [0.1, 0.15) is 0 Å². The van der Waals surface area contributed by atoms with Gasteiger partial charge in [0.05, 0.1) is 17.9 Å². The largest absolute Gasteiger partial charge is 0.397 e. The normalized spacial score (nSPS) is 10.3. The Balaban J connectivity index is 1.59. The van der Waals surface area contributed by atoms with Crippen molar-refractivity contribution in [2.75, 3.05) is 29.5 Å². The number of hydrogen-bond donors (Lipinski definition) is 4. The highest BCUT2D eigenvalue weighted by Crippen LogP contribution is 2.17. The topological polar surface area (TPSA) is 96.2 Å². The maximum atomic E-state index is 11.9. The lowest BCUT2D eigenvalue weighted by atomic mass is 10.2. The van der Waals surface area contributed by atoms with E-state index in [-0.39, 0.29) is 18.4 Å². The summed E-state index contributed by atoms with van der Waals surface area (Å²) >= 11 is 3.34. The van der Waals surface area contributed by atoms with E-state index in [0.29, 0.717) is 30.8 Å². The number of nitrogen functional groups attached to an aromatic ring is 1. The predicted molar refractivity (Wildman–Crippen MR) is 104 cm³/mol. The first-order valence-corrected chi connectivity index (χ1v) is 8.74. The maximum Gasteiger partial charge on any atom is 0.238 e. The molecule has 0 aliphatic heterocycles. The average molecular weight is 405 g/mol. The number of carbonyl (C=O) groups excluding carboxylic acids is 2. The van der Waals surface area contributed by atoms with Crippen LogP contribution in [0.15, 0.2) is 53.0 Å². The van der Waals surface area contributed by atoms with Gasteiger partial charge in [0.2, 0.25) is 11.8 Å². The third-order valence-electron chi connectivity index (χ3n) is 3.41. The van der Waals surface area contributed by atoms with Crippen LogP contribution in [0.4, 0.5) is 17.1 Å². The summed E-state index contributed by atoms with van der Waals surface area (Å²) in [5, 5.41) is 8.59. The highest BCUT2D eigenvalue weighted by Gasteiger charge is 2.05. The second-order valence-corrected chi connectivity index (χ2v) is 6.39. The first kappa shape index (κ1) is 19.0. The second-order valence-electron chi connectivity index (χ2n) is 5.47. The maximum absolute atomic E-state index is 11.9. The van der Waals surface area contributed by atoms with Gasteiger partial charge in [0, 0.05) is 16.6 Å². The molecule has 0 aliphatic rings. The predicted octanol–water partition coefficient (Wildman–Crippen LogP) is 2.98. The van der Waals surface area contributed by atoms with Crippen LogP contribution < -0.4 is 21.7 Å². The Labute approximate surface area is 155 Å². The van der Waals surface area contributed by atoms with E-state index in [1.165, 1.54) is 0 Å². The Morgan fingerprint density at radius 2 is 1.68 bits per heavy atom. The van der Waals surface area contributed by atoms with Crippen molar-refractivity contribution in [3.63, 3.8) is 0 Å². The molecule has 0 aliphatic carbocycles. The van der Waals surface area contributed by atoms with Crippen molar-refractivity contribution >= 4 is 44.8 Å². The van der Waals surface area contributed by atoms with Crippen LogP contribution in [-0.2, 0) is 9.59 Å². The van der Waals surface area contributed by atoms with Gasteiger partial charge in [0.25, 0.3) is 0 Å². The molecule has 0 fully saturated rings. The van der Waals surface area contributed by atoms with Crippen LogP contribution in [-0.4, -0.2) is 24.9 Å². The molecule has 6 nitrogen and oxygen atoms in total. The third kappa shape index (κ3) is 6.94. The number of benzene rings is 2. The molecule has 25 heavy (non-hydrogen) atoms. The van der Waals surface area contributed by atoms with Crippen molar-refractivity contribution in [2.24, 2.45) is 0 Å². The Morgan fingerprint density at radius 1 is 0.960 bits per heavy atom. The van der Waals surface area contributed by atoms with E-state index in [0.717, 1.165) is 10.2 Å². The SMILES string of the molecule is Nc1ccccc1NC(=O)CCCNCC(=O)Nc1ccc(Br)cc1. The zero-order chi connectivity index (χ0) is 18.1. The van der Waals surface area contributed by atoms with Crippen LogP contribution in [0.5, 0.6) is 0 Å². The first-order valence-electron chi connectivity index (χ1n) is 7.95. The van der Waals surface area contributed by atoms with Crippen LogP contribution in [0.2, 0.25) is 0 Å². The van der Waals surface area contributed by atoms with E-state index in [9.17, 15) is 9.59 Å². The lowest BCUT2D eigenvalue weighted by Gasteiger charge is -2.08. The molecule has 7 heteroatoms. The third-order valence-corrected chi connectivity index (χ3v) is 3.93. The minimum Gasteiger partial charge on any atom is -0.397 e. The minimum absolute atomic E-state index is 0.0981. The fourth-order valence-electron chi connectivity index (χ4n) is 2.14. The van der Waals surface area contributed by atoms with Crippen molar-refractivity contribution < 1.29 is 9.59 Å².